The van der Waals surface area contributed by atoms with Crippen LogP contribution in [-0.2, 0) is 13.0 Å². The zero-order valence-corrected chi connectivity index (χ0v) is 10.3. The summed E-state index contributed by atoms with van der Waals surface area (Å²) in [6.45, 7) is 3.94. The van der Waals surface area contributed by atoms with Gasteiger partial charge in [-0.05, 0) is 39.1 Å². The first kappa shape index (κ1) is 11.8. The van der Waals surface area contributed by atoms with Crippen molar-refractivity contribution in [3.63, 3.8) is 0 Å². The van der Waals surface area contributed by atoms with Crippen LogP contribution >= 0.6 is 0 Å². The standard InChI is InChI=1S/C13H18N4/c1-3-17-10-11(7-9-14-2)13(16-17)12-6-4-5-8-15-12/h4-6,8,10,14H,3,7,9H2,1-2H3. The molecule has 17 heavy (non-hydrogen) atoms. The Kier molecular flexibility index (Phi) is 3.88. The maximum Gasteiger partial charge on any atom is 0.114 e. The van der Waals surface area contributed by atoms with E-state index in [9.17, 15) is 0 Å². The number of hydrogen-bond donors (Lipinski definition) is 1. The number of rotatable bonds is 5. The van der Waals surface area contributed by atoms with Gasteiger partial charge < -0.3 is 5.32 Å². The Morgan fingerprint density at radius 2 is 2.24 bits per heavy atom. The van der Waals surface area contributed by atoms with E-state index in [2.05, 4.69) is 28.5 Å². The van der Waals surface area contributed by atoms with Crippen molar-refractivity contribution in [1.29, 1.82) is 0 Å². The summed E-state index contributed by atoms with van der Waals surface area (Å²) in [6, 6.07) is 5.92. The minimum Gasteiger partial charge on any atom is -0.319 e. The molecule has 90 valence electrons. The van der Waals surface area contributed by atoms with E-state index in [1.54, 1.807) is 0 Å². The Morgan fingerprint density at radius 3 is 2.88 bits per heavy atom. The number of pyridine rings is 1. The molecule has 4 nitrogen and oxygen atoms in total. The molecule has 1 N–H and O–H groups in total. The molecule has 0 saturated heterocycles. The van der Waals surface area contributed by atoms with E-state index < -0.39 is 0 Å². The lowest BCUT2D eigenvalue weighted by Gasteiger charge is -2.00. The van der Waals surface area contributed by atoms with E-state index in [-0.39, 0.29) is 0 Å². The molecule has 0 fully saturated rings. The van der Waals surface area contributed by atoms with Crippen LogP contribution in [0.1, 0.15) is 12.5 Å². The van der Waals surface area contributed by atoms with Crippen LogP contribution in [0.25, 0.3) is 11.4 Å². The lowest BCUT2D eigenvalue weighted by Crippen LogP contribution is -2.10. The molecule has 2 heterocycles. The Hall–Kier alpha value is -1.68. The molecule has 0 aromatic carbocycles. The molecular formula is C13H18N4. The number of nitrogens with zero attached hydrogens (tertiary/aromatic N) is 3. The Balaban J connectivity index is 2.34. The minimum absolute atomic E-state index is 0.888. The van der Waals surface area contributed by atoms with E-state index in [0.29, 0.717) is 0 Å². The summed E-state index contributed by atoms with van der Waals surface area (Å²) in [4.78, 5) is 4.37. The van der Waals surface area contributed by atoms with Gasteiger partial charge in [0, 0.05) is 24.5 Å². The zero-order valence-electron chi connectivity index (χ0n) is 10.3. The summed E-state index contributed by atoms with van der Waals surface area (Å²) in [5.74, 6) is 0. The molecule has 0 bridgehead atoms. The first-order valence-electron chi connectivity index (χ1n) is 5.97. The summed E-state index contributed by atoms with van der Waals surface area (Å²) >= 11 is 0. The molecule has 2 rings (SSSR count). The second kappa shape index (κ2) is 5.59. The van der Waals surface area contributed by atoms with Gasteiger partial charge in [0.1, 0.15) is 5.69 Å². The van der Waals surface area contributed by atoms with Crippen LogP contribution in [0, 0.1) is 0 Å². The summed E-state index contributed by atoms with van der Waals surface area (Å²) in [5, 5.41) is 7.74. The van der Waals surface area contributed by atoms with Crippen LogP contribution in [-0.4, -0.2) is 28.4 Å². The summed E-state index contributed by atoms with van der Waals surface area (Å²) in [5.41, 5.74) is 3.20. The number of hydrogen-bond acceptors (Lipinski definition) is 3. The van der Waals surface area contributed by atoms with Crippen molar-refractivity contribution in [3.05, 3.63) is 36.2 Å². The predicted molar refractivity (Wildman–Crippen MR) is 68.8 cm³/mol. The highest BCUT2D eigenvalue weighted by atomic mass is 15.3. The maximum absolute atomic E-state index is 4.58. The van der Waals surface area contributed by atoms with E-state index >= 15 is 0 Å². The number of likely N-dealkylation sites (N-methyl/N-ethyl adjacent to an activating group) is 1. The van der Waals surface area contributed by atoms with Gasteiger partial charge in [-0.3, -0.25) is 9.67 Å². The van der Waals surface area contributed by atoms with E-state index in [0.717, 1.165) is 30.9 Å². The van der Waals surface area contributed by atoms with E-state index in [4.69, 9.17) is 0 Å². The third-order valence-electron chi connectivity index (χ3n) is 2.71. The van der Waals surface area contributed by atoms with Crippen LogP contribution in [0.5, 0.6) is 0 Å². The van der Waals surface area contributed by atoms with Crippen molar-refractivity contribution in [2.75, 3.05) is 13.6 Å². The first-order valence-corrected chi connectivity index (χ1v) is 5.97. The molecule has 0 spiro atoms. The van der Waals surface area contributed by atoms with Crippen LogP contribution < -0.4 is 5.32 Å². The van der Waals surface area contributed by atoms with Crippen molar-refractivity contribution >= 4 is 0 Å². The monoisotopic (exact) mass is 230 g/mol. The van der Waals surface area contributed by atoms with Gasteiger partial charge in [0.05, 0.1) is 5.69 Å². The second-order valence-corrected chi connectivity index (χ2v) is 3.93. The zero-order chi connectivity index (χ0) is 12.1. The topological polar surface area (TPSA) is 42.7 Å². The van der Waals surface area contributed by atoms with Gasteiger partial charge in [-0.2, -0.15) is 5.10 Å². The Labute approximate surface area is 102 Å². The number of aryl methyl sites for hydroxylation is 1. The molecular weight excluding hydrogens is 212 g/mol. The SMILES string of the molecule is CCn1cc(CCNC)c(-c2ccccn2)n1. The average Bonchev–Trinajstić information content (AvgIpc) is 2.80. The minimum atomic E-state index is 0.888. The number of nitrogens with one attached hydrogen (secondary N) is 1. The molecule has 0 atom stereocenters. The predicted octanol–water partition coefficient (Wildman–Crippen LogP) is 1.73. The second-order valence-electron chi connectivity index (χ2n) is 3.93. The van der Waals surface area contributed by atoms with Gasteiger partial charge in [-0.1, -0.05) is 6.07 Å². The number of aromatic nitrogens is 3. The van der Waals surface area contributed by atoms with Crippen molar-refractivity contribution in [3.8, 4) is 11.4 Å². The van der Waals surface area contributed by atoms with E-state index in [1.165, 1.54) is 5.56 Å². The van der Waals surface area contributed by atoms with Crippen LogP contribution in [0.3, 0.4) is 0 Å². The normalized spacial score (nSPS) is 10.7. The quantitative estimate of drug-likeness (QED) is 0.850. The van der Waals surface area contributed by atoms with Crippen LogP contribution in [0.15, 0.2) is 30.6 Å². The summed E-state index contributed by atoms with van der Waals surface area (Å²) in [6.07, 6.45) is 4.89. The lowest BCUT2D eigenvalue weighted by molar-refractivity contribution is 0.660. The molecule has 0 unspecified atom stereocenters. The van der Waals surface area contributed by atoms with Gasteiger partial charge in [-0.25, -0.2) is 0 Å². The van der Waals surface area contributed by atoms with E-state index in [1.807, 2.05) is 36.1 Å². The van der Waals surface area contributed by atoms with Gasteiger partial charge in [-0.15, -0.1) is 0 Å². The first-order chi connectivity index (χ1) is 8.35. The molecule has 2 aromatic heterocycles. The van der Waals surface area contributed by atoms with Crippen LogP contribution in [0.2, 0.25) is 0 Å². The van der Waals surface area contributed by atoms with Gasteiger partial charge in [0.25, 0.3) is 0 Å². The molecule has 0 aliphatic carbocycles. The summed E-state index contributed by atoms with van der Waals surface area (Å²) in [7, 11) is 1.96. The highest BCUT2D eigenvalue weighted by Crippen LogP contribution is 2.19. The third kappa shape index (κ3) is 2.71. The summed E-state index contributed by atoms with van der Waals surface area (Å²) < 4.78 is 1.97. The molecule has 0 amide bonds. The highest BCUT2D eigenvalue weighted by molar-refractivity contribution is 5.58. The van der Waals surface area contributed by atoms with Gasteiger partial charge >= 0.3 is 0 Å². The third-order valence-corrected chi connectivity index (χ3v) is 2.71. The molecule has 0 aliphatic heterocycles. The fourth-order valence-electron chi connectivity index (χ4n) is 1.79. The van der Waals surface area contributed by atoms with Crippen molar-refractivity contribution in [2.24, 2.45) is 0 Å². The highest BCUT2D eigenvalue weighted by Gasteiger charge is 2.10. The van der Waals surface area contributed by atoms with Crippen molar-refractivity contribution < 1.29 is 0 Å². The molecule has 2 aromatic rings. The lowest BCUT2D eigenvalue weighted by atomic mass is 10.1. The molecule has 0 aliphatic rings. The maximum atomic E-state index is 4.58. The Morgan fingerprint density at radius 1 is 1.35 bits per heavy atom. The largest absolute Gasteiger partial charge is 0.319 e. The van der Waals surface area contributed by atoms with Gasteiger partial charge in [0.15, 0.2) is 0 Å². The fourth-order valence-corrected chi connectivity index (χ4v) is 1.79. The fraction of sp³-hybridized carbons (Fsp3) is 0.385. The molecule has 0 saturated carbocycles. The smallest absolute Gasteiger partial charge is 0.114 e. The van der Waals surface area contributed by atoms with Crippen molar-refractivity contribution in [1.82, 2.24) is 20.1 Å². The Bertz CT molecular complexity index is 462. The van der Waals surface area contributed by atoms with Gasteiger partial charge in [0.2, 0.25) is 0 Å². The molecule has 0 radical (unpaired) electrons. The average molecular weight is 230 g/mol. The van der Waals surface area contributed by atoms with Crippen LogP contribution in [0.4, 0.5) is 0 Å². The molecule has 4 heteroatoms. The van der Waals surface area contributed by atoms with Crippen molar-refractivity contribution in [2.45, 2.75) is 19.9 Å².